The van der Waals surface area contributed by atoms with E-state index in [2.05, 4.69) is 21.2 Å². The highest BCUT2D eigenvalue weighted by Gasteiger charge is 2.06. The molecule has 0 atom stereocenters. The van der Waals surface area contributed by atoms with Gasteiger partial charge in [-0.15, -0.1) is 0 Å². The Morgan fingerprint density at radius 1 is 1.16 bits per heavy atom. The molecule has 0 aliphatic carbocycles. The SMILES string of the molecule is Cc1cc(Nc2ccc(F)cc2C#N)cc(C)c1Br. The largest absolute Gasteiger partial charge is 0.354 e. The molecule has 2 aromatic carbocycles. The molecule has 0 bridgehead atoms. The van der Waals surface area contributed by atoms with Crippen molar-refractivity contribution in [1.82, 2.24) is 0 Å². The van der Waals surface area contributed by atoms with E-state index in [4.69, 9.17) is 5.26 Å². The summed E-state index contributed by atoms with van der Waals surface area (Å²) in [6.45, 7) is 4.00. The first-order chi connectivity index (χ1) is 9.01. The molecule has 2 aromatic rings. The summed E-state index contributed by atoms with van der Waals surface area (Å²) in [5.74, 6) is -0.412. The molecule has 0 saturated heterocycles. The van der Waals surface area contributed by atoms with Crippen LogP contribution in [0.4, 0.5) is 15.8 Å². The molecule has 0 aliphatic rings. The number of halogens is 2. The number of benzene rings is 2. The van der Waals surface area contributed by atoms with Gasteiger partial charge in [0.25, 0.3) is 0 Å². The summed E-state index contributed by atoms with van der Waals surface area (Å²) in [7, 11) is 0. The number of nitriles is 1. The Labute approximate surface area is 120 Å². The summed E-state index contributed by atoms with van der Waals surface area (Å²) in [6.07, 6.45) is 0. The summed E-state index contributed by atoms with van der Waals surface area (Å²) >= 11 is 3.51. The van der Waals surface area contributed by atoms with Gasteiger partial charge < -0.3 is 5.32 Å². The summed E-state index contributed by atoms with van der Waals surface area (Å²) in [4.78, 5) is 0. The Hall–Kier alpha value is -1.86. The molecule has 2 rings (SSSR count). The molecule has 0 spiro atoms. The van der Waals surface area contributed by atoms with E-state index in [0.29, 0.717) is 11.3 Å². The highest BCUT2D eigenvalue weighted by atomic mass is 79.9. The zero-order valence-electron chi connectivity index (χ0n) is 10.6. The molecular weight excluding hydrogens is 307 g/mol. The van der Waals surface area contributed by atoms with Crippen LogP contribution in [0.3, 0.4) is 0 Å². The topological polar surface area (TPSA) is 35.8 Å². The Bertz CT molecular complexity index is 651. The Kier molecular flexibility index (Phi) is 3.87. The van der Waals surface area contributed by atoms with Crippen LogP contribution in [0.25, 0.3) is 0 Å². The van der Waals surface area contributed by atoms with Gasteiger partial charge in [0.2, 0.25) is 0 Å². The molecule has 0 unspecified atom stereocenters. The van der Waals surface area contributed by atoms with Gasteiger partial charge in [-0.2, -0.15) is 5.26 Å². The van der Waals surface area contributed by atoms with Gasteiger partial charge in [-0.3, -0.25) is 0 Å². The molecule has 19 heavy (non-hydrogen) atoms. The molecule has 96 valence electrons. The fourth-order valence-electron chi connectivity index (χ4n) is 1.89. The number of anilines is 2. The Balaban J connectivity index is 2.40. The minimum atomic E-state index is -0.412. The maximum atomic E-state index is 13.1. The van der Waals surface area contributed by atoms with Gasteiger partial charge in [0.05, 0.1) is 11.3 Å². The van der Waals surface area contributed by atoms with Crippen molar-refractivity contribution in [2.75, 3.05) is 5.32 Å². The monoisotopic (exact) mass is 318 g/mol. The fourth-order valence-corrected chi connectivity index (χ4v) is 2.12. The van der Waals surface area contributed by atoms with E-state index in [0.717, 1.165) is 21.3 Å². The average Bonchev–Trinajstić information content (AvgIpc) is 2.38. The molecule has 0 aliphatic heterocycles. The first-order valence-electron chi connectivity index (χ1n) is 5.74. The quantitative estimate of drug-likeness (QED) is 0.861. The van der Waals surface area contributed by atoms with Crippen LogP contribution in [0.1, 0.15) is 16.7 Å². The highest BCUT2D eigenvalue weighted by Crippen LogP contribution is 2.28. The third kappa shape index (κ3) is 2.94. The average molecular weight is 319 g/mol. The summed E-state index contributed by atoms with van der Waals surface area (Å²) < 4.78 is 14.1. The van der Waals surface area contributed by atoms with Gasteiger partial charge >= 0.3 is 0 Å². The van der Waals surface area contributed by atoms with Crippen molar-refractivity contribution in [3.8, 4) is 6.07 Å². The van der Waals surface area contributed by atoms with Crippen molar-refractivity contribution in [3.63, 3.8) is 0 Å². The number of aryl methyl sites for hydroxylation is 2. The van der Waals surface area contributed by atoms with Gasteiger partial charge in [-0.05, 0) is 55.3 Å². The third-order valence-corrected chi connectivity index (χ3v) is 4.07. The van der Waals surface area contributed by atoms with E-state index in [1.165, 1.54) is 12.1 Å². The number of nitrogens with zero attached hydrogens (tertiary/aromatic N) is 1. The molecule has 0 heterocycles. The smallest absolute Gasteiger partial charge is 0.124 e. The molecular formula is C15H12BrFN2. The highest BCUT2D eigenvalue weighted by molar-refractivity contribution is 9.10. The normalized spacial score (nSPS) is 10.1. The van der Waals surface area contributed by atoms with Crippen LogP contribution in [-0.4, -0.2) is 0 Å². The zero-order valence-corrected chi connectivity index (χ0v) is 12.2. The van der Waals surface area contributed by atoms with Crippen LogP contribution in [-0.2, 0) is 0 Å². The van der Waals surface area contributed by atoms with Gasteiger partial charge in [0, 0.05) is 10.2 Å². The molecule has 0 aromatic heterocycles. The predicted octanol–water partition coefficient (Wildman–Crippen LogP) is 4.82. The number of hydrogen-bond acceptors (Lipinski definition) is 2. The molecule has 0 radical (unpaired) electrons. The van der Waals surface area contributed by atoms with Crippen molar-refractivity contribution in [1.29, 1.82) is 5.26 Å². The summed E-state index contributed by atoms with van der Waals surface area (Å²) in [6, 6.07) is 10.1. The molecule has 1 N–H and O–H groups in total. The summed E-state index contributed by atoms with van der Waals surface area (Å²) in [5, 5.41) is 12.2. The zero-order chi connectivity index (χ0) is 14.0. The predicted molar refractivity (Wildman–Crippen MR) is 78.0 cm³/mol. The van der Waals surface area contributed by atoms with Crippen LogP contribution in [0.5, 0.6) is 0 Å². The van der Waals surface area contributed by atoms with Crippen molar-refractivity contribution in [2.24, 2.45) is 0 Å². The number of rotatable bonds is 2. The van der Waals surface area contributed by atoms with E-state index >= 15 is 0 Å². The van der Waals surface area contributed by atoms with Gasteiger partial charge in [-0.1, -0.05) is 15.9 Å². The molecule has 0 saturated carbocycles. The lowest BCUT2D eigenvalue weighted by Crippen LogP contribution is -1.96. The van der Waals surface area contributed by atoms with Crippen molar-refractivity contribution in [3.05, 3.63) is 57.3 Å². The lowest BCUT2D eigenvalue weighted by atomic mass is 10.1. The van der Waals surface area contributed by atoms with Crippen molar-refractivity contribution < 1.29 is 4.39 Å². The lowest BCUT2D eigenvalue weighted by molar-refractivity contribution is 0.627. The Morgan fingerprint density at radius 2 is 1.79 bits per heavy atom. The maximum Gasteiger partial charge on any atom is 0.124 e. The van der Waals surface area contributed by atoms with Crippen LogP contribution >= 0.6 is 15.9 Å². The minimum Gasteiger partial charge on any atom is -0.354 e. The second-order valence-corrected chi connectivity index (χ2v) is 5.14. The molecule has 0 fully saturated rings. The first-order valence-corrected chi connectivity index (χ1v) is 6.54. The van der Waals surface area contributed by atoms with E-state index in [1.54, 1.807) is 6.07 Å². The van der Waals surface area contributed by atoms with Crippen LogP contribution in [0.15, 0.2) is 34.8 Å². The Morgan fingerprint density at radius 3 is 2.37 bits per heavy atom. The maximum absolute atomic E-state index is 13.1. The van der Waals surface area contributed by atoms with Crippen molar-refractivity contribution >= 4 is 27.3 Å². The second-order valence-electron chi connectivity index (χ2n) is 4.35. The van der Waals surface area contributed by atoms with Gasteiger partial charge in [-0.25, -0.2) is 4.39 Å². The second kappa shape index (κ2) is 5.41. The minimum absolute atomic E-state index is 0.290. The van der Waals surface area contributed by atoms with E-state index in [-0.39, 0.29) is 0 Å². The van der Waals surface area contributed by atoms with E-state index in [1.807, 2.05) is 32.0 Å². The summed E-state index contributed by atoms with van der Waals surface area (Å²) in [5.41, 5.74) is 3.97. The fraction of sp³-hybridized carbons (Fsp3) is 0.133. The number of hydrogen-bond donors (Lipinski definition) is 1. The van der Waals surface area contributed by atoms with Crippen LogP contribution in [0.2, 0.25) is 0 Å². The van der Waals surface area contributed by atoms with Crippen LogP contribution in [0, 0.1) is 31.0 Å². The molecule has 4 heteroatoms. The third-order valence-electron chi connectivity index (χ3n) is 2.82. The van der Waals surface area contributed by atoms with Gasteiger partial charge in [0.1, 0.15) is 11.9 Å². The first kappa shape index (κ1) is 13.6. The van der Waals surface area contributed by atoms with E-state index < -0.39 is 5.82 Å². The molecule has 0 amide bonds. The molecule has 2 nitrogen and oxygen atoms in total. The lowest BCUT2D eigenvalue weighted by Gasteiger charge is -2.11. The van der Waals surface area contributed by atoms with Crippen LogP contribution < -0.4 is 5.32 Å². The van der Waals surface area contributed by atoms with Gasteiger partial charge in [0.15, 0.2) is 0 Å². The van der Waals surface area contributed by atoms with E-state index in [9.17, 15) is 4.39 Å². The standard InChI is InChI=1S/C15H12BrFN2/c1-9-5-13(6-10(2)15(9)16)19-14-4-3-12(17)7-11(14)8-18/h3-7,19H,1-2H3. The van der Waals surface area contributed by atoms with Crippen molar-refractivity contribution in [2.45, 2.75) is 13.8 Å². The number of nitrogens with one attached hydrogen (secondary N) is 1.